The Hall–Kier alpha value is -3.35. The minimum atomic E-state index is -0.349. The van der Waals surface area contributed by atoms with Crippen LogP contribution in [0.1, 0.15) is 44.1 Å². The molecule has 4 N–H and O–H groups in total. The monoisotopic (exact) mass is 435 g/mol. The van der Waals surface area contributed by atoms with Crippen molar-refractivity contribution in [2.75, 3.05) is 6.61 Å². The molecule has 0 unspecified atom stereocenters. The van der Waals surface area contributed by atoms with Gasteiger partial charge in [-0.1, -0.05) is 36.4 Å². The fourth-order valence-corrected chi connectivity index (χ4v) is 4.34. The highest BCUT2D eigenvalue weighted by molar-refractivity contribution is 5.95. The second-order valence-corrected chi connectivity index (χ2v) is 8.56. The normalized spacial score (nSPS) is 20.7. The summed E-state index contributed by atoms with van der Waals surface area (Å²) in [7, 11) is 0. The molecule has 168 valence electrons. The first-order valence-corrected chi connectivity index (χ1v) is 11.2. The summed E-state index contributed by atoms with van der Waals surface area (Å²) < 4.78 is 11.4. The predicted molar refractivity (Wildman–Crippen MR) is 121 cm³/mol. The van der Waals surface area contributed by atoms with Crippen LogP contribution in [0, 0.1) is 11.3 Å². The topological polar surface area (TPSA) is 115 Å². The Bertz CT molecular complexity index is 966. The van der Waals surface area contributed by atoms with Crippen molar-refractivity contribution >= 4 is 17.7 Å². The van der Waals surface area contributed by atoms with Gasteiger partial charge >= 0.3 is 5.97 Å². The smallest absolute Gasteiger partial charge is 0.306 e. The Labute approximate surface area is 187 Å². The molecule has 0 aromatic heterocycles. The van der Waals surface area contributed by atoms with Crippen molar-refractivity contribution in [1.82, 2.24) is 5.32 Å². The number of amides is 1. The van der Waals surface area contributed by atoms with Gasteiger partial charge in [-0.05, 0) is 55.4 Å². The third-order valence-corrected chi connectivity index (χ3v) is 6.13. The number of benzene rings is 2. The van der Waals surface area contributed by atoms with Crippen LogP contribution >= 0.6 is 0 Å². The van der Waals surface area contributed by atoms with E-state index in [-0.39, 0.29) is 42.2 Å². The van der Waals surface area contributed by atoms with E-state index in [9.17, 15) is 9.59 Å². The average molecular weight is 436 g/mol. The number of nitrogens with one attached hydrogen (secondary N) is 2. The molecule has 2 aromatic rings. The zero-order chi connectivity index (χ0) is 22.5. The third kappa shape index (κ3) is 5.46. The molecule has 0 radical (unpaired) electrons. The summed E-state index contributed by atoms with van der Waals surface area (Å²) in [5.74, 6) is 0.0365. The molecule has 2 fully saturated rings. The van der Waals surface area contributed by atoms with E-state index >= 15 is 0 Å². The molecule has 1 saturated carbocycles. The first-order chi connectivity index (χ1) is 15.5. The molecular weight excluding hydrogens is 406 g/mol. The number of amidine groups is 1. The standard InChI is InChI=1S/C25H29N3O4/c26-24(27)18-7-5-16(6-8-18)17-9-11-21(12-10-17)31-15-20-13-19(25(30)28-20)14-23(29)32-22-3-1-2-4-22/h5-12,19-20,22H,1-4,13-15H2,(H3,26,27)(H,28,30)/t19-,20-/m0/s1. The molecule has 1 amide bonds. The van der Waals surface area contributed by atoms with Crippen LogP contribution in [0.15, 0.2) is 48.5 Å². The van der Waals surface area contributed by atoms with Gasteiger partial charge in [0, 0.05) is 5.56 Å². The Kier molecular flexibility index (Phi) is 6.73. The lowest BCUT2D eigenvalue weighted by Crippen LogP contribution is -2.31. The number of carbonyl (C=O) groups is 2. The number of esters is 1. The molecule has 1 saturated heterocycles. The summed E-state index contributed by atoms with van der Waals surface area (Å²) in [4.78, 5) is 24.4. The number of nitrogens with two attached hydrogens (primary N) is 1. The summed E-state index contributed by atoms with van der Waals surface area (Å²) in [6, 6.07) is 15.1. The Morgan fingerprint density at radius 1 is 1.03 bits per heavy atom. The number of ether oxygens (including phenoxy) is 2. The van der Waals surface area contributed by atoms with Crippen molar-refractivity contribution in [3.05, 3.63) is 54.1 Å². The first kappa shape index (κ1) is 21.9. The number of carbonyl (C=O) groups excluding carboxylic acids is 2. The molecule has 1 aliphatic heterocycles. The SMILES string of the molecule is N=C(N)c1ccc(-c2ccc(OC[C@@H]3C[C@@H](CC(=O)OC4CCCC4)C(=O)N3)cc2)cc1. The third-order valence-electron chi connectivity index (χ3n) is 6.13. The zero-order valence-electron chi connectivity index (χ0n) is 18.0. The zero-order valence-corrected chi connectivity index (χ0v) is 18.0. The van der Waals surface area contributed by atoms with Crippen molar-refractivity contribution in [2.24, 2.45) is 11.7 Å². The quantitative estimate of drug-likeness (QED) is 0.334. The lowest BCUT2D eigenvalue weighted by Gasteiger charge is -2.13. The van der Waals surface area contributed by atoms with Crippen LogP contribution in [0.5, 0.6) is 5.75 Å². The van der Waals surface area contributed by atoms with Gasteiger partial charge in [-0.2, -0.15) is 0 Å². The number of nitrogen functional groups attached to an aromatic ring is 1. The van der Waals surface area contributed by atoms with Gasteiger partial charge in [0.05, 0.1) is 18.4 Å². The van der Waals surface area contributed by atoms with Crippen molar-refractivity contribution in [2.45, 2.75) is 50.7 Å². The van der Waals surface area contributed by atoms with Gasteiger partial charge in [0.2, 0.25) is 5.91 Å². The second kappa shape index (κ2) is 9.85. The maximum absolute atomic E-state index is 12.2. The molecule has 2 aromatic carbocycles. The van der Waals surface area contributed by atoms with Crippen LogP contribution in [0.4, 0.5) is 0 Å². The highest BCUT2D eigenvalue weighted by Gasteiger charge is 2.34. The van der Waals surface area contributed by atoms with Gasteiger partial charge in [-0.15, -0.1) is 0 Å². The van der Waals surface area contributed by atoms with Crippen molar-refractivity contribution in [3.63, 3.8) is 0 Å². The van der Waals surface area contributed by atoms with Gasteiger partial charge in [0.15, 0.2) is 0 Å². The first-order valence-electron chi connectivity index (χ1n) is 11.2. The Balaban J connectivity index is 1.25. The van der Waals surface area contributed by atoms with Crippen molar-refractivity contribution in [1.29, 1.82) is 5.41 Å². The Morgan fingerprint density at radius 2 is 1.66 bits per heavy atom. The predicted octanol–water partition coefficient (Wildman–Crippen LogP) is 3.40. The van der Waals surface area contributed by atoms with Crippen LogP contribution in [0.25, 0.3) is 11.1 Å². The van der Waals surface area contributed by atoms with E-state index in [0.717, 1.165) is 36.8 Å². The number of hydrogen-bond donors (Lipinski definition) is 3. The summed E-state index contributed by atoms with van der Waals surface area (Å²) >= 11 is 0. The maximum atomic E-state index is 12.2. The highest BCUT2D eigenvalue weighted by atomic mass is 16.5. The molecule has 2 atom stereocenters. The fourth-order valence-electron chi connectivity index (χ4n) is 4.34. The second-order valence-electron chi connectivity index (χ2n) is 8.56. The van der Waals surface area contributed by atoms with E-state index in [4.69, 9.17) is 20.6 Å². The molecule has 1 heterocycles. The fraction of sp³-hybridized carbons (Fsp3) is 0.400. The van der Waals surface area contributed by atoms with E-state index in [0.29, 0.717) is 24.3 Å². The lowest BCUT2D eigenvalue weighted by molar-refractivity contribution is -0.151. The maximum Gasteiger partial charge on any atom is 0.306 e. The van der Waals surface area contributed by atoms with Crippen LogP contribution in [0.2, 0.25) is 0 Å². The molecule has 0 bridgehead atoms. The van der Waals surface area contributed by atoms with E-state index in [1.165, 1.54) is 0 Å². The largest absolute Gasteiger partial charge is 0.491 e. The van der Waals surface area contributed by atoms with Crippen LogP contribution in [-0.4, -0.2) is 36.5 Å². The molecule has 7 nitrogen and oxygen atoms in total. The van der Waals surface area contributed by atoms with Crippen LogP contribution in [0.3, 0.4) is 0 Å². The van der Waals surface area contributed by atoms with Gasteiger partial charge in [-0.3, -0.25) is 15.0 Å². The van der Waals surface area contributed by atoms with Gasteiger partial charge in [0.25, 0.3) is 0 Å². The van der Waals surface area contributed by atoms with Gasteiger partial charge < -0.3 is 20.5 Å². The minimum Gasteiger partial charge on any atom is -0.491 e. The molecule has 32 heavy (non-hydrogen) atoms. The van der Waals surface area contributed by atoms with E-state index in [1.807, 2.05) is 48.5 Å². The molecule has 0 spiro atoms. The summed E-state index contributed by atoms with van der Waals surface area (Å²) in [6.45, 7) is 0.354. The number of hydrogen-bond acceptors (Lipinski definition) is 5. The van der Waals surface area contributed by atoms with Crippen LogP contribution < -0.4 is 15.8 Å². The van der Waals surface area contributed by atoms with Crippen LogP contribution in [-0.2, 0) is 14.3 Å². The van der Waals surface area contributed by atoms with E-state index in [2.05, 4.69) is 5.32 Å². The lowest BCUT2D eigenvalue weighted by atomic mass is 10.0. The Morgan fingerprint density at radius 3 is 2.28 bits per heavy atom. The molecule has 2 aliphatic rings. The average Bonchev–Trinajstić information content (AvgIpc) is 3.42. The minimum absolute atomic E-state index is 0.0288. The van der Waals surface area contributed by atoms with E-state index in [1.54, 1.807) is 0 Å². The molecule has 7 heteroatoms. The van der Waals surface area contributed by atoms with Gasteiger partial charge in [-0.25, -0.2) is 0 Å². The van der Waals surface area contributed by atoms with Crippen molar-refractivity contribution < 1.29 is 19.1 Å². The molecular formula is C25H29N3O4. The van der Waals surface area contributed by atoms with E-state index < -0.39 is 0 Å². The molecule has 1 aliphatic carbocycles. The summed E-state index contributed by atoms with van der Waals surface area (Å²) in [5.41, 5.74) is 8.25. The van der Waals surface area contributed by atoms with Crippen molar-refractivity contribution in [3.8, 4) is 16.9 Å². The number of rotatable bonds is 8. The highest BCUT2D eigenvalue weighted by Crippen LogP contribution is 2.26. The summed E-state index contributed by atoms with van der Waals surface area (Å²) in [6.07, 6.45) is 4.81. The molecule has 4 rings (SSSR count). The summed E-state index contributed by atoms with van der Waals surface area (Å²) in [5, 5.41) is 10.4. The van der Waals surface area contributed by atoms with Gasteiger partial charge in [0.1, 0.15) is 24.3 Å².